The van der Waals surface area contributed by atoms with E-state index < -0.39 is 13.0 Å². The molecule has 0 bridgehead atoms. The third-order valence-electron chi connectivity index (χ3n) is 1.89. The van der Waals surface area contributed by atoms with Crippen molar-refractivity contribution in [3.63, 3.8) is 0 Å². The molecule has 1 aliphatic rings. The highest BCUT2D eigenvalue weighted by Crippen LogP contribution is 2.57. The molecule has 0 saturated carbocycles. The molecule has 86 valence electrons. The predicted octanol–water partition coefficient (Wildman–Crippen LogP) is 3.03. The lowest BCUT2D eigenvalue weighted by Gasteiger charge is -2.21. The molecule has 0 radical (unpaired) electrons. The molecule has 0 aliphatic carbocycles. The van der Waals surface area contributed by atoms with Crippen LogP contribution in [0.3, 0.4) is 0 Å². The third kappa shape index (κ3) is 2.47. The van der Waals surface area contributed by atoms with Crippen LogP contribution in [-0.4, -0.2) is 11.2 Å². The maximum absolute atomic E-state index is 11.3. The molecule has 1 aliphatic heterocycles. The maximum atomic E-state index is 11.3. The maximum Gasteiger partial charge on any atom is 0.477 e. The zero-order valence-corrected chi connectivity index (χ0v) is 9.49. The number of hydrogen-bond acceptors (Lipinski definition) is 4. The monoisotopic (exact) mass is 263 g/mol. The SMILES string of the molecule is O=C(O)Nc1ccc2c(c1)COP(=O)(Cl)O2. The topological polar surface area (TPSA) is 84.9 Å². The summed E-state index contributed by atoms with van der Waals surface area (Å²) in [4.78, 5) is 10.4. The fraction of sp³-hybridized carbons (Fsp3) is 0.125. The summed E-state index contributed by atoms with van der Waals surface area (Å²) in [6, 6.07) is 4.49. The molecular weight excluding hydrogens is 257 g/mol. The van der Waals surface area contributed by atoms with Crippen LogP contribution in [0, 0.1) is 0 Å². The van der Waals surface area contributed by atoms with Crippen molar-refractivity contribution in [3.8, 4) is 5.75 Å². The Kier molecular flexibility index (Phi) is 2.80. The molecule has 8 heteroatoms. The number of benzene rings is 1. The Labute approximate surface area is 95.4 Å². The first-order valence-corrected chi connectivity index (χ1v) is 6.68. The zero-order valence-electron chi connectivity index (χ0n) is 7.84. The molecule has 0 spiro atoms. The average molecular weight is 264 g/mol. The number of amides is 1. The van der Waals surface area contributed by atoms with Crippen molar-refractivity contribution in [1.82, 2.24) is 0 Å². The number of rotatable bonds is 1. The normalized spacial score (nSPS) is 23.1. The average Bonchev–Trinajstić information content (AvgIpc) is 2.16. The van der Waals surface area contributed by atoms with Gasteiger partial charge in [0.25, 0.3) is 0 Å². The highest BCUT2D eigenvalue weighted by atomic mass is 35.7. The van der Waals surface area contributed by atoms with E-state index in [1.807, 2.05) is 0 Å². The number of anilines is 1. The van der Waals surface area contributed by atoms with Crippen LogP contribution in [0.1, 0.15) is 5.56 Å². The van der Waals surface area contributed by atoms with E-state index in [9.17, 15) is 9.36 Å². The number of hydrogen-bond donors (Lipinski definition) is 2. The van der Waals surface area contributed by atoms with Gasteiger partial charge in [0.15, 0.2) is 0 Å². The molecule has 1 amide bonds. The summed E-state index contributed by atoms with van der Waals surface area (Å²) < 4.78 is 20.9. The Bertz CT molecular complexity index is 491. The first kappa shape index (κ1) is 11.3. The second-order valence-corrected chi connectivity index (χ2v) is 5.59. The number of nitrogens with one attached hydrogen (secondary N) is 1. The van der Waals surface area contributed by atoms with E-state index in [1.54, 1.807) is 0 Å². The van der Waals surface area contributed by atoms with E-state index in [-0.39, 0.29) is 6.61 Å². The Hall–Kier alpha value is -1.23. The second-order valence-electron chi connectivity index (χ2n) is 3.05. The van der Waals surface area contributed by atoms with Crippen LogP contribution < -0.4 is 9.84 Å². The van der Waals surface area contributed by atoms with Gasteiger partial charge >= 0.3 is 13.0 Å². The van der Waals surface area contributed by atoms with Crippen LogP contribution in [0.25, 0.3) is 0 Å². The predicted molar refractivity (Wildman–Crippen MR) is 57.0 cm³/mol. The molecule has 0 fully saturated rings. The lowest BCUT2D eigenvalue weighted by atomic mass is 10.2. The number of carboxylic acid groups (broad SMARTS) is 1. The van der Waals surface area contributed by atoms with Crippen molar-refractivity contribution >= 4 is 30.0 Å². The minimum absolute atomic E-state index is 0.0191. The van der Waals surface area contributed by atoms with E-state index in [0.717, 1.165) is 0 Å². The number of halogens is 1. The smallest absolute Gasteiger partial charge is 0.465 e. The van der Waals surface area contributed by atoms with Crippen LogP contribution >= 0.6 is 18.2 Å². The summed E-state index contributed by atoms with van der Waals surface area (Å²) in [5.41, 5.74) is 0.961. The van der Waals surface area contributed by atoms with E-state index in [0.29, 0.717) is 17.0 Å². The van der Waals surface area contributed by atoms with Crippen LogP contribution in [0.2, 0.25) is 0 Å². The molecule has 1 unspecified atom stereocenters. The first-order chi connectivity index (χ1) is 7.46. The Morgan fingerprint density at radius 3 is 3.00 bits per heavy atom. The molecule has 1 atom stereocenters. The Balaban J connectivity index is 2.28. The van der Waals surface area contributed by atoms with Gasteiger partial charge in [0.1, 0.15) is 5.75 Å². The largest absolute Gasteiger partial charge is 0.477 e. The van der Waals surface area contributed by atoms with Crippen molar-refractivity contribution in [2.75, 3.05) is 5.32 Å². The van der Waals surface area contributed by atoms with Gasteiger partial charge in [-0.1, -0.05) is 0 Å². The van der Waals surface area contributed by atoms with Gasteiger partial charge in [-0.15, -0.1) is 0 Å². The molecule has 2 rings (SSSR count). The van der Waals surface area contributed by atoms with E-state index in [2.05, 4.69) is 5.32 Å². The molecule has 0 saturated heterocycles. The van der Waals surface area contributed by atoms with E-state index in [4.69, 9.17) is 25.4 Å². The summed E-state index contributed by atoms with van der Waals surface area (Å²) in [5.74, 6) is 0.334. The summed E-state index contributed by atoms with van der Waals surface area (Å²) in [6.45, 7) is -3.51. The van der Waals surface area contributed by atoms with Gasteiger partial charge in [-0.05, 0) is 18.2 Å². The van der Waals surface area contributed by atoms with Gasteiger partial charge in [0.2, 0.25) is 0 Å². The van der Waals surface area contributed by atoms with Gasteiger partial charge in [-0.3, -0.25) is 9.84 Å². The summed E-state index contributed by atoms with van der Waals surface area (Å²) in [7, 11) is 0. The molecule has 1 aromatic carbocycles. The zero-order chi connectivity index (χ0) is 11.8. The van der Waals surface area contributed by atoms with E-state index in [1.165, 1.54) is 18.2 Å². The van der Waals surface area contributed by atoms with Gasteiger partial charge in [-0.25, -0.2) is 9.36 Å². The van der Waals surface area contributed by atoms with Crippen molar-refractivity contribution in [3.05, 3.63) is 23.8 Å². The first-order valence-electron chi connectivity index (χ1n) is 4.23. The van der Waals surface area contributed by atoms with Gasteiger partial charge < -0.3 is 9.63 Å². The molecule has 6 nitrogen and oxygen atoms in total. The Morgan fingerprint density at radius 2 is 2.31 bits per heavy atom. The fourth-order valence-corrected chi connectivity index (χ4v) is 2.40. The minimum atomic E-state index is -3.53. The summed E-state index contributed by atoms with van der Waals surface area (Å²) in [5, 5.41) is 10.7. The molecule has 1 heterocycles. The third-order valence-corrected chi connectivity index (χ3v) is 3.25. The minimum Gasteiger partial charge on any atom is -0.465 e. The lowest BCUT2D eigenvalue weighted by molar-refractivity contribution is 0.209. The van der Waals surface area contributed by atoms with Crippen molar-refractivity contribution in [1.29, 1.82) is 0 Å². The molecule has 1 aromatic rings. The number of fused-ring (bicyclic) bond motifs is 1. The number of carbonyl (C=O) groups is 1. The highest BCUT2D eigenvalue weighted by molar-refractivity contribution is 7.81. The standard InChI is InChI=1S/C8H7ClNO5P/c9-16(13)14-4-5-3-6(10-8(11)12)1-2-7(5)15-16/h1-3,10H,4H2,(H,11,12). The van der Waals surface area contributed by atoms with Crippen molar-refractivity contribution < 1.29 is 23.5 Å². The van der Waals surface area contributed by atoms with E-state index >= 15 is 0 Å². The van der Waals surface area contributed by atoms with Gasteiger partial charge in [-0.2, -0.15) is 0 Å². The molecular formula is C8H7ClNO5P. The second kappa shape index (κ2) is 3.97. The van der Waals surface area contributed by atoms with Crippen molar-refractivity contribution in [2.45, 2.75) is 6.61 Å². The highest BCUT2D eigenvalue weighted by Gasteiger charge is 2.29. The van der Waals surface area contributed by atoms with Crippen LogP contribution in [0.5, 0.6) is 5.75 Å². The molecule has 16 heavy (non-hydrogen) atoms. The summed E-state index contributed by atoms with van der Waals surface area (Å²) in [6.07, 6.45) is -1.17. The molecule has 2 N–H and O–H groups in total. The quantitative estimate of drug-likeness (QED) is 0.761. The fourth-order valence-electron chi connectivity index (χ4n) is 1.27. The van der Waals surface area contributed by atoms with Crippen LogP contribution in [0.15, 0.2) is 18.2 Å². The van der Waals surface area contributed by atoms with Crippen LogP contribution in [-0.2, 0) is 15.7 Å². The Morgan fingerprint density at radius 1 is 1.56 bits per heavy atom. The van der Waals surface area contributed by atoms with Gasteiger partial charge in [0, 0.05) is 22.5 Å². The van der Waals surface area contributed by atoms with Gasteiger partial charge in [0.05, 0.1) is 6.61 Å². The lowest BCUT2D eigenvalue weighted by Crippen LogP contribution is -2.09. The molecule has 0 aromatic heterocycles. The van der Waals surface area contributed by atoms with Crippen molar-refractivity contribution in [2.24, 2.45) is 0 Å². The summed E-state index contributed by atoms with van der Waals surface area (Å²) >= 11 is 5.43. The van der Waals surface area contributed by atoms with Crippen LogP contribution in [0.4, 0.5) is 10.5 Å².